The van der Waals surface area contributed by atoms with Gasteiger partial charge in [0, 0.05) is 30.2 Å². The summed E-state index contributed by atoms with van der Waals surface area (Å²) in [6, 6.07) is 0. The van der Waals surface area contributed by atoms with Crippen LogP contribution in [-0.4, -0.2) is 17.5 Å². The molecule has 1 saturated carbocycles. The van der Waals surface area contributed by atoms with Gasteiger partial charge in [0.1, 0.15) is 0 Å². The number of thiazole rings is 1. The summed E-state index contributed by atoms with van der Waals surface area (Å²) in [5.41, 5.74) is 5.75. The third kappa shape index (κ3) is 1.44. The lowest BCUT2D eigenvalue weighted by Crippen LogP contribution is -2.53. The van der Waals surface area contributed by atoms with Crippen molar-refractivity contribution < 1.29 is 8.78 Å². The molecule has 0 radical (unpaired) electrons. The first kappa shape index (κ1) is 9.98. The Morgan fingerprint density at radius 1 is 1.57 bits per heavy atom. The van der Waals surface area contributed by atoms with Gasteiger partial charge in [-0.3, -0.25) is 0 Å². The Hall–Kier alpha value is -0.550. The van der Waals surface area contributed by atoms with E-state index >= 15 is 0 Å². The average molecular weight is 218 g/mol. The van der Waals surface area contributed by atoms with Gasteiger partial charge >= 0.3 is 0 Å². The van der Waals surface area contributed by atoms with Crippen molar-refractivity contribution in [3.63, 3.8) is 0 Å². The number of rotatable bonds is 2. The van der Waals surface area contributed by atoms with Crippen LogP contribution in [0.1, 0.15) is 23.5 Å². The molecule has 0 amide bonds. The lowest BCUT2D eigenvalue weighted by atomic mass is 9.64. The van der Waals surface area contributed by atoms with E-state index in [2.05, 4.69) is 4.98 Å². The minimum Gasteiger partial charge on any atom is -0.330 e. The third-order valence-corrected chi connectivity index (χ3v) is 3.52. The van der Waals surface area contributed by atoms with Gasteiger partial charge in [-0.2, -0.15) is 0 Å². The Kier molecular flexibility index (Phi) is 2.12. The zero-order valence-electron chi connectivity index (χ0n) is 7.89. The van der Waals surface area contributed by atoms with Crippen LogP contribution in [0.3, 0.4) is 0 Å². The van der Waals surface area contributed by atoms with E-state index in [1.165, 1.54) is 11.3 Å². The minimum absolute atomic E-state index is 0.153. The summed E-state index contributed by atoms with van der Waals surface area (Å²) >= 11 is 1.48. The lowest BCUT2D eigenvalue weighted by Gasteiger charge is -2.45. The summed E-state index contributed by atoms with van der Waals surface area (Å²) in [7, 11) is 0. The molecule has 2 rings (SSSR count). The van der Waals surface area contributed by atoms with Crippen LogP contribution in [0.15, 0.2) is 5.38 Å². The van der Waals surface area contributed by atoms with Crippen molar-refractivity contribution in [2.45, 2.75) is 31.1 Å². The molecule has 0 saturated heterocycles. The van der Waals surface area contributed by atoms with Crippen LogP contribution in [0.5, 0.6) is 0 Å². The van der Waals surface area contributed by atoms with Crippen molar-refractivity contribution in [2.24, 2.45) is 5.73 Å². The highest BCUT2D eigenvalue weighted by atomic mass is 32.1. The smallest absolute Gasteiger partial charge is 0.250 e. The van der Waals surface area contributed by atoms with Crippen LogP contribution in [-0.2, 0) is 5.41 Å². The Morgan fingerprint density at radius 2 is 2.21 bits per heavy atom. The average Bonchev–Trinajstić information content (AvgIpc) is 2.47. The first-order chi connectivity index (χ1) is 6.47. The zero-order valence-corrected chi connectivity index (χ0v) is 8.70. The summed E-state index contributed by atoms with van der Waals surface area (Å²) < 4.78 is 25.7. The van der Waals surface area contributed by atoms with Gasteiger partial charge in [0.2, 0.25) is 5.92 Å². The maximum absolute atomic E-state index is 12.8. The SMILES string of the molecule is Cc1nc(C2(CN)CC(F)(F)C2)cs1. The van der Waals surface area contributed by atoms with Crippen LogP contribution in [0.25, 0.3) is 0 Å². The molecule has 0 aromatic carbocycles. The van der Waals surface area contributed by atoms with Crippen LogP contribution in [0.4, 0.5) is 8.78 Å². The molecule has 1 aliphatic rings. The number of hydrogen-bond donors (Lipinski definition) is 1. The van der Waals surface area contributed by atoms with Crippen molar-refractivity contribution in [3.05, 3.63) is 16.1 Å². The fourth-order valence-electron chi connectivity index (χ4n) is 1.98. The van der Waals surface area contributed by atoms with Crippen molar-refractivity contribution in [3.8, 4) is 0 Å². The van der Waals surface area contributed by atoms with Gasteiger partial charge in [-0.15, -0.1) is 11.3 Å². The van der Waals surface area contributed by atoms with Crippen molar-refractivity contribution >= 4 is 11.3 Å². The molecule has 0 bridgehead atoms. The van der Waals surface area contributed by atoms with Gasteiger partial charge in [-0.1, -0.05) is 0 Å². The molecule has 1 aromatic rings. The summed E-state index contributed by atoms with van der Waals surface area (Å²) in [5.74, 6) is -2.54. The van der Waals surface area contributed by atoms with Gasteiger partial charge in [0.05, 0.1) is 10.7 Å². The number of alkyl halides is 2. The van der Waals surface area contributed by atoms with Crippen molar-refractivity contribution in [1.82, 2.24) is 4.98 Å². The maximum atomic E-state index is 12.8. The van der Waals surface area contributed by atoms with Crippen LogP contribution < -0.4 is 5.73 Å². The lowest BCUT2D eigenvalue weighted by molar-refractivity contribution is -0.124. The molecule has 2 nitrogen and oxygen atoms in total. The van der Waals surface area contributed by atoms with E-state index in [0.29, 0.717) is 0 Å². The quantitative estimate of drug-likeness (QED) is 0.825. The zero-order chi connectivity index (χ0) is 10.4. The van der Waals surface area contributed by atoms with E-state index in [1.54, 1.807) is 0 Å². The Labute approximate surface area is 85.1 Å². The Balaban J connectivity index is 2.24. The molecular formula is C9H12F2N2S. The van der Waals surface area contributed by atoms with Gasteiger partial charge in [0.15, 0.2) is 0 Å². The number of aromatic nitrogens is 1. The molecule has 0 atom stereocenters. The number of halogens is 2. The number of nitrogens with two attached hydrogens (primary N) is 1. The topological polar surface area (TPSA) is 38.9 Å². The largest absolute Gasteiger partial charge is 0.330 e. The highest BCUT2D eigenvalue weighted by Gasteiger charge is 2.57. The number of hydrogen-bond acceptors (Lipinski definition) is 3. The molecule has 0 aliphatic heterocycles. The standard InChI is InChI=1S/C9H12F2N2S/c1-6-13-7(2-14-6)8(5-12)3-9(10,11)4-8/h2H,3-5,12H2,1H3. The van der Waals surface area contributed by atoms with Gasteiger partial charge in [-0.25, -0.2) is 13.8 Å². The van der Waals surface area contributed by atoms with Crippen molar-refractivity contribution in [1.29, 1.82) is 0 Å². The predicted molar refractivity (Wildman–Crippen MR) is 51.8 cm³/mol. The van der Waals surface area contributed by atoms with Crippen LogP contribution in [0, 0.1) is 6.92 Å². The highest BCUT2D eigenvalue weighted by molar-refractivity contribution is 7.09. The Morgan fingerprint density at radius 3 is 2.57 bits per heavy atom. The second-order valence-electron chi connectivity index (χ2n) is 3.95. The van der Waals surface area contributed by atoms with Gasteiger partial charge < -0.3 is 5.73 Å². The van der Waals surface area contributed by atoms with E-state index < -0.39 is 11.3 Å². The van der Waals surface area contributed by atoms with E-state index in [4.69, 9.17) is 5.73 Å². The van der Waals surface area contributed by atoms with E-state index in [-0.39, 0.29) is 19.4 Å². The van der Waals surface area contributed by atoms with E-state index in [0.717, 1.165) is 10.7 Å². The fourth-order valence-corrected chi connectivity index (χ4v) is 2.71. The number of nitrogens with zero attached hydrogens (tertiary/aromatic N) is 1. The van der Waals surface area contributed by atoms with Gasteiger partial charge in [-0.05, 0) is 6.92 Å². The Bertz CT molecular complexity index is 340. The molecule has 1 fully saturated rings. The monoisotopic (exact) mass is 218 g/mol. The first-order valence-corrected chi connectivity index (χ1v) is 5.36. The molecular weight excluding hydrogens is 206 g/mol. The molecule has 5 heteroatoms. The maximum Gasteiger partial charge on any atom is 0.250 e. The summed E-state index contributed by atoms with van der Waals surface area (Å²) in [6.45, 7) is 2.13. The molecule has 0 spiro atoms. The normalized spacial score (nSPS) is 23.1. The van der Waals surface area contributed by atoms with Crippen LogP contribution in [0.2, 0.25) is 0 Å². The molecule has 2 N–H and O–H groups in total. The molecule has 14 heavy (non-hydrogen) atoms. The minimum atomic E-state index is -2.54. The van der Waals surface area contributed by atoms with Gasteiger partial charge in [0.25, 0.3) is 0 Å². The van der Waals surface area contributed by atoms with Crippen molar-refractivity contribution in [2.75, 3.05) is 6.54 Å². The van der Waals surface area contributed by atoms with E-state index in [1.807, 2.05) is 12.3 Å². The first-order valence-electron chi connectivity index (χ1n) is 4.48. The fraction of sp³-hybridized carbons (Fsp3) is 0.667. The summed E-state index contributed by atoms with van der Waals surface area (Å²) in [4.78, 5) is 4.25. The molecule has 1 heterocycles. The molecule has 78 valence electrons. The van der Waals surface area contributed by atoms with E-state index in [9.17, 15) is 8.78 Å². The highest BCUT2D eigenvalue weighted by Crippen LogP contribution is 2.52. The van der Waals surface area contributed by atoms with Crippen LogP contribution >= 0.6 is 11.3 Å². The summed E-state index contributed by atoms with van der Waals surface area (Å²) in [5, 5.41) is 2.75. The molecule has 1 aliphatic carbocycles. The number of aryl methyl sites for hydroxylation is 1. The summed E-state index contributed by atoms with van der Waals surface area (Å²) in [6.07, 6.45) is -0.306. The third-order valence-electron chi connectivity index (χ3n) is 2.75. The second kappa shape index (κ2) is 2.97. The molecule has 0 unspecified atom stereocenters. The second-order valence-corrected chi connectivity index (χ2v) is 5.01. The predicted octanol–water partition coefficient (Wildman–Crippen LogP) is 2.08. The molecule has 1 aromatic heterocycles.